The van der Waals surface area contributed by atoms with Gasteiger partial charge in [0.2, 0.25) is 5.91 Å². The number of esters is 1. The number of aliphatic hydroxyl groups is 2. The average Bonchev–Trinajstić information content (AvgIpc) is 3.20. The van der Waals surface area contributed by atoms with Crippen LogP contribution in [0.15, 0.2) is 60.8 Å². The van der Waals surface area contributed by atoms with E-state index in [1.165, 1.54) is 103 Å². The summed E-state index contributed by atoms with van der Waals surface area (Å²) in [6.07, 6.45) is 54.3. The number of unbranched alkanes of at least 4 members (excludes halogenated alkanes) is 20. The lowest BCUT2D eigenvalue weighted by Crippen LogP contribution is -2.46. The van der Waals surface area contributed by atoms with Crippen LogP contribution in [0.3, 0.4) is 0 Å². The van der Waals surface area contributed by atoms with Crippen LogP contribution < -0.4 is 5.32 Å². The smallest absolute Gasteiger partial charge is 0.306 e. The first-order valence-electron chi connectivity index (χ1n) is 24.0. The molecule has 0 aliphatic rings. The van der Waals surface area contributed by atoms with Crippen LogP contribution in [0.5, 0.6) is 0 Å². The van der Waals surface area contributed by atoms with Crippen LogP contribution in [-0.4, -0.2) is 46.9 Å². The van der Waals surface area contributed by atoms with Crippen molar-refractivity contribution in [3.63, 3.8) is 0 Å². The van der Waals surface area contributed by atoms with E-state index in [-0.39, 0.29) is 31.3 Å². The maximum Gasteiger partial charge on any atom is 0.306 e. The second-order valence-electron chi connectivity index (χ2n) is 16.1. The summed E-state index contributed by atoms with van der Waals surface area (Å²) in [5.41, 5.74) is 0. The summed E-state index contributed by atoms with van der Waals surface area (Å²) in [6, 6.07) is -0.713. The van der Waals surface area contributed by atoms with Crippen molar-refractivity contribution in [2.45, 2.75) is 244 Å². The molecule has 0 fully saturated rings. The first-order valence-corrected chi connectivity index (χ1v) is 24.0. The van der Waals surface area contributed by atoms with Gasteiger partial charge in [0, 0.05) is 6.42 Å². The van der Waals surface area contributed by atoms with Gasteiger partial charge in [-0.15, -0.1) is 0 Å². The molecular weight excluding hydrogens is 707 g/mol. The van der Waals surface area contributed by atoms with Gasteiger partial charge in [0.05, 0.1) is 25.2 Å². The number of carbonyl (C=O) groups excluding carboxylic acids is 2. The fourth-order valence-electron chi connectivity index (χ4n) is 7.01. The minimum Gasteiger partial charge on any atom is -0.462 e. The minimum absolute atomic E-state index is 0.0485. The zero-order valence-corrected chi connectivity index (χ0v) is 37.5. The summed E-state index contributed by atoms with van der Waals surface area (Å²) in [5.74, 6) is -0.571. The summed E-state index contributed by atoms with van der Waals surface area (Å²) < 4.78 is 5.87. The lowest BCUT2D eigenvalue weighted by molar-refractivity contribution is -0.150. The van der Waals surface area contributed by atoms with Gasteiger partial charge in [-0.2, -0.15) is 0 Å². The number of nitrogens with one attached hydrogen (secondary N) is 1. The molecule has 3 unspecified atom stereocenters. The van der Waals surface area contributed by atoms with Gasteiger partial charge in [0.25, 0.3) is 0 Å². The molecular formula is C51H91NO5. The van der Waals surface area contributed by atoms with Crippen LogP contribution in [-0.2, 0) is 14.3 Å². The van der Waals surface area contributed by atoms with Gasteiger partial charge in [-0.25, -0.2) is 0 Å². The minimum atomic E-state index is -0.797. The predicted octanol–water partition coefficient (Wildman–Crippen LogP) is 14.1. The summed E-state index contributed by atoms with van der Waals surface area (Å²) in [4.78, 5) is 26.0. The quantitative estimate of drug-likeness (QED) is 0.0325. The molecule has 0 aromatic heterocycles. The Kier molecular flexibility index (Phi) is 42.7. The topological polar surface area (TPSA) is 95.9 Å². The zero-order chi connectivity index (χ0) is 41.7. The number of carbonyl (C=O) groups is 2. The molecule has 330 valence electrons. The molecule has 3 atom stereocenters. The van der Waals surface area contributed by atoms with E-state index in [9.17, 15) is 19.8 Å². The molecule has 0 aliphatic heterocycles. The Morgan fingerprint density at radius 3 is 1.33 bits per heavy atom. The molecule has 0 saturated carbocycles. The molecule has 1 amide bonds. The number of amides is 1. The Bertz CT molecular complexity index is 1030. The van der Waals surface area contributed by atoms with Crippen LogP contribution in [0.4, 0.5) is 0 Å². The Hall–Kier alpha value is -2.44. The van der Waals surface area contributed by atoms with Crippen molar-refractivity contribution in [1.82, 2.24) is 5.32 Å². The van der Waals surface area contributed by atoms with Crippen molar-refractivity contribution in [1.29, 1.82) is 0 Å². The van der Waals surface area contributed by atoms with E-state index in [1.807, 2.05) is 6.08 Å². The van der Waals surface area contributed by atoms with Crippen molar-refractivity contribution in [3.05, 3.63) is 60.8 Å². The number of ether oxygens (including phenoxy) is 1. The molecule has 0 rings (SSSR count). The van der Waals surface area contributed by atoms with E-state index in [1.54, 1.807) is 0 Å². The third-order valence-corrected chi connectivity index (χ3v) is 10.6. The number of allylic oxidation sites excluding steroid dienone is 10. The second kappa shape index (κ2) is 44.7. The highest BCUT2D eigenvalue weighted by atomic mass is 16.5. The van der Waals surface area contributed by atoms with Gasteiger partial charge in [0.1, 0.15) is 6.10 Å². The lowest BCUT2D eigenvalue weighted by atomic mass is 10.0. The number of aliphatic hydroxyl groups excluding tert-OH is 2. The Morgan fingerprint density at radius 2 is 0.912 bits per heavy atom. The van der Waals surface area contributed by atoms with E-state index < -0.39 is 18.2 Å². The summed E-state index contributed by atoms with van der Waals surface area (Å²) in [6.45, 7) is 6.33. The highest BCUT2D eigenvalue weighted by Gasteiger charge is 2.24. The normalized spacial score (nSPS) is 13.8. The van der Waals surface area contributed by atoms with Crippen LogP contribution in [0.1, 0.15) is 226 Å². The van der Waals surface area contributed by atoms with Crippen molar-refractivity contribution < 1.29 is 24.5 Å². The molecule has 0 bridgehead atoms. The standard InChI is InChI=1S/C51H91NO5/c1-4-7-10-13-16-19-21-23-24-25-27-29-32-35-38-41-44-51(56)57-47(42-39-36-33-31-28-26-22-20-17-14-11-8-5-2)45-50(55)52-48(46-53)49(54)43-40-37-34-30-18-15-12-9-6-3/h7,10,16,19,23-24,27,29,35,38,47-49,53-54H,4-6,8-9,11-15,17-18,20-22,25-26,28,30-34,36-37,39-46H2,1-3H3,(H,52,55)/b10-7+,19-16+,24-23+,29-27+,38-35+. The number of hydrogen-bond donors (Lipinski definition) is 3. The van der Waals surface area contributed by atoms with E-state index in [4.69, 9.17) is 4.74 Å². The Morgan fingerprint density at radius 1 is 0.526 bits per heavy atom. The molecule has 0 radical (unpaired) electrons. The summed E-state index contributed by atoms with van der Waals surface area (Å²) in [7, 11) is 0. The van der Waals surface area contributed by atoms with Crippen molar-refractivity contribution in [3.8, 4) is 0 Å². The average molecular weight is 798 g/mol. The van der Waals surface area contributed by atoms with Gasteiger partial charge < -0.3 is 20.3 Å². The van der Waals surface area contributed by atoms with Crippen molar-refractivity contribution in [2.24, 2.45) is 0 Å². The van der Waals surface area contributed by atoms with Crippen LogP contribution in [0, 0.1) is 0 Å². The van der Waals surface area contributed by atoms with E-state index in [0.717, 1.165) is 70.6 Å². The molecule has 0 aromatic rings. The number of rotatable bonds is 42. The highest BCUT2D eigenvalue weighted by molar-refractivity contribution is 5.77. The Labute approximate surface area is 352 Å². The molecule has 3 N–H and O–H groups in total. The van der Waals surface area contributed by atoms with E-state index in [2.05, 4.69) is 80.8 Å². The van der Waals surface area contributed by atoms with Crippen LogP contribution in [0.2, 0.25) is 0 Å². The number of hydrogen-bond acceptors (Lipinski definition) is 5. The lowest BCUT2D eigenvalue weighted by Gasteiger charge is -2.24. The molecule has 0 spiro atoms. The van der Waals surface area contributed by atoms with E-state index >= 15 is 0 Å². The maximum absolute atomic E-state index is 13.1. The van der Waals surface area contributed by atoms with Gasteiger partial charge >= 0.3 is 5.97 Å². The molecule has 6 heteroatoms. The SMILES string of the molecule is CC/C=C/C/C=C/C/C=C/C/C=C/C/C=C/CCC(=O)OC(CCCCCCCCCCCCCCC)CC(=O)NC(CO)C(O)CCCCCCCCCCC. The zero-order valence-electron chi connectivity index (χ0n) is 37.5. The molecule has 0 aromatic carbocycles. The first kappa shape index (κ1) is 54.6. The molecule has 6 nitrogen and oxygen atoms in total. The third-order valence-electron chi connectivity index (χ3n) is 10.6. The van der Waals surface area contributed by atoms with Crippen LogP contribution in [0.25, 0.3) is 0 Å². The van der Waals surface area contributed by atoms with Gasteiger partial charge in [-0.1, -0.05) is 216 Å². The Balaban J connectivity index is 4.70. The predicted molar refractivity (Wildman–Crippen MR) is 245 cm³/mol. The molecule has 0 saturated heterocycles. The third kappa shape index (κ3) is 40.1. The van der Waals surface area contributed by atoms with Crippen molar-refractivity contribution >= 4 is 11.9 Å². The van der Waals surface area contributed by atoms with Crippen LogP contribution >= 0.6 is 0 Å². The molecule has 0 aliphatic carbocycles. The second-order valence-corrected chi connectivity index (χ2v) is 16.1. The first-order chi connectivity index (χ1) is 28.0. The summed E-state index contributed by atoms with van der Waals surface area (Å²) in [5, 5.41) is 23.6. The van der Waals surface area contributed by atoms with Crippen molar-refractivity contribution in [2.75, 3.05) is 6.61 Å². The fraction of sp³-hybridized carbons (Fsp3) is 0.765. The van der Waals surface area contributed by atoms with Gasteiger partial charge in [0.15, 0.2) is 0 Å². The highest BCUT2D eigenvalue weighted by Crippen LogP contribution is 2.17. The fourth-order valence-corrected chi connectivity index (χ4v) is 7.01. The van der Waals surface area contributed by atoms with Gasteiger partial charge in [-0.3, -0.25) is 9.59 Å². The monoisotopic (exact) mass is 798 g/mol. The summed E-state index contributed by atoms with van der Waals surface area (Å²) >= 11 is 0. The molecule has 57 heavy (non-hydrogen) atoms. The maximum atomic E-state index is 13.1. The molecule has 0 heterocycles. The van der Waals surface area contributed by atoms with Gasteiger partial charge in [-0.05, 0) is 57.8 Å². The largest absolute Gasteiger partial charge is 0.462 e. The van der Waals surface area contributed by atoms with E-state index in [0.29, 0.717) is 19.3 Å².